The number of aryl methyl sites for hydroxylation is 1. The van der Waals surface area contributed by atoms with E-state index < -0.39 is 11.6 Å². The Hall–Kier alpha value is -2.30. The molecule has 0 spiro atoms. The molecule has 156 valence electrons. The molecule has 0 saturated heterocycles. The van der Waals surface area contributed by atoms with Gasteiger partial charge in [0.25, 0.3) is 0 Å². The standard InChI is InChI=1S/C24H28F2O3/c1-3-4-7-12-27-19-11-10-17-18-13-15(2)22(28-14-16-8-5-6-9-16)21(26)24(18)29-23(17)20(19)25/h10-11,13,16H,3-9,12,14H2,1-2H3. The summed E-state index contributed by atoms with van der Waals surface area (Å²) >= 11 is 0. The molecule has 0 atom stereocenters. The van der Waals surface area contributed by atoms with Crippen LogP contribution in [0, 0.1) is 24.5 Å². The minimum Gasteiger partial charge on any atom is -0.490 e. The van der Waals surface area contributed by atoms with Crippen molar-refractivity contribution in [3.63, 3.8) is 0 Å². The molecule has 0 radical (unpaired) electrons. The summed E-state index contributed by atoms with van der Waals surface area (Å²) in [5, 5.41) is 1.10. The van der Waals surface area contributed by atoms with Gasteiger partial charge in [0.2, 0.25) is 11.6 Å². The van der Waals surface area contributed by atoms with E-state index in [1.165, 1.54) is 12.8 Å². The molecule has 1 aliphatic rings. The molecule has 1 aliphatic carbocycles. The van der Waals surface area contributed by atoms with E-state index in [2.05, 4.69) is 6.92 Å². The third-order valence-electron chi connectivity index (χ3n) is 5.86. The predicted molar refractivity (Wildman–Crippen MR) is 111 cm³/mol. The molecule has 2 aromatic carbocycles. The van der Waals surface area contributed by atoms with Crippen LogP contribution in [0.15, 0.2) is 22.6 Å². The van der Waals surface area contributed by atoms with Gasteiger partial charge >= 0.3 is 0 Å². The number of unbranched alkanes of at least 4 members (excludes halogenated alkanes) is 2. The molecular formula is C24H28F2O3. The smallest absolute Gasteiger partial charge is 0.208 e. The maximum atomic E-state index is 15.2. The molecule has 1 fully saturated rings. The van der Waals surface area contributed by atoms with Crippen molar-refractivity contribution in [1.29, 1.82) is 0 Å². The number of benzene rings is 2. The first kappa shape index (κ1) is 20.0. The van der Waals surface area contributed by atoms with E-state index in [1.807, 2.05) is 13.0 Å². The van der Waals surface area contributed by atoms with Crippen LogP contribution in [-0.4, -0.2) is 13.2 Å². The summed E-state index contributed by atoms with van der Waals surface area (Å²) in [6, 6.07) is 5.14. The number of furan rings is 1. The lowest BCUT2D eigenvalue weighted by molar-refractivity contribution is 0.241. The maximum absolute atomic E-state index is 15.2. The Morgan fingerprint density at radius 1 is 1.00 bits per heavy atom. The third-order valence-corrected chi connectivity index (χ3v) is 5.86. The Bertz CT molecular complexity index is 1000. The zero-order valence-electron chi connectivity index (χ0n) is 17.2. The maximum Gasteiger partial charge on any atom is 0.208 e. The quantitative estimate of drug-likeness (QED) is 0.370. The number of hydrogen-bond acceptors (Lipinski definition) is 3. The zero-order chi connectivity index (χ0) is 20.4. The average molecular weight is 402 g/mol. The highest BCUT2D eigenvalue weighted by molar-refractivity contribution is 6.06. The molecule has 3 aromatic rings. The lowest BCUT2D eigenvalue weighted by Crippen LogP contribution is -2.09. The highest BCUT2D eigenvalue weighted by atomic mass is 19.1. The fraction of sp³-hybridized carbons (Fsp3) is 0.500. The molecule has 0 N–H and O–H groups in total. The van der Waals surface area contributed by atoms with Crippen molar-refractivity contribution >= 4 is 21.9 Å². The second-order valence-corrected chi connectivity index (χ2v) is 8.09. The number of ether oxygens (including phenoxy) is 2. The first-order chi connectivity index (χ1) is 14.1. The van der Waals surface area contributed by atoms with Gasteiger partial charge in [-0.1, -0.05) is 32.6 Å². The Balaban J connectivity index is 1.66. The topological polar surface area (TPSA) is 31.6 Å². The fourth-order valence-electron chi connectivity index (χ4n) is 4.19. The number of halogens is 2. The zero-order valence-corrected chi connectivity index (χ0v) is 17.2. The van der Waals surface area contributed by atoms with Gasteiger partial charge < -0.3 is 13.9 Å². The highest BCUT2D eigenvalue weighted by Gasteiger charge is 2.23. The average Bonchev–Trinajstić information content (AvgIpc) is 3.35. The van der Waals surface area contributed by atoms with E-state index in [0.29, 0.717) is 35.5 Å². The molecule has 3 nitrogen and oxygen atoms in total. The van der Waals surface area contributed by atoms with Crippen LogP contribution in [0.4, 0.5) is 8.78 Å². The summed E-state index contributed by atoms with van der Waals surface area (Å²) in [7, 11) is 0. The van der Waals surface area contributed by atoms with Gasteiger partial charge in [0.1, 0.15) is 0 Å². The second kappa shape index (κ2) is 8.60. The molecule has 4 rings (SSSR count). The van der Waals surface area contributed by atoms with Crippen molar-refractivity contribution in [2.24, 2.45) is 5.92 Å². The largest absolute Gasteiger partial charge is 0.490 e. The number of hydrogen-bond donors (Lipinski definition) is 0. The van der Waals surface area contributed by atoms with E-state index in [1.54, 1.807) is 12.1 Å². The second-order valence-electron chi connectivity index (χ2n) is 8.09. The SMILES string of the molecule is CCCCCOc1ccc2c(oc3c(F)c(OCC4CCCC4)c(C)cc32)c1F. The van der Waals surface area contributed by atoms with Gasteiger partial charge in [0.15, 0.2) is 22.7 Å². The number of rotatable bonds is 8. The highest BCUT2D eigenvalue weighted by Crippen LogP contribution is 2.40. The minimum absolute atomic E-state index is 0.0271. The molecule has 0 bridgehead atoms. The van der Waals surface area contributed by atoms with Gasteiger partial charge in [0.05, 0.1) is 13.2 Å². The first-order valence-corrected chi connectivity index (χ1v) is 10.7. The monoisotopic (exact) mass is 402 g/mol. The number of fused-ring (bicyclic) bond motifs is 3. The summed E-state index contributed by atoms with van der Waals surface area (Å²) < 4.78 is 47.2. The fourth-order valence-corrected chi connectivity index (χ4v) is 4.19. The molecule has 1 saturated carbocycles. The summed E-state index contributed by atoms with van der Waals surface area (Å²) in [6.45, 7) is 4.87. The Labute approximate surface area is 170 Å². The minimum atomic E-state index is -0.583. The van der Waals surface area contributed by atoms with E-state index in [0.717, 1.165) is 32.1 Å². The van der Waals surface area contributed by atoms with Crippen LogP contribution in [0.1, 0.15) is 57.4 Å². The lowest BCUT2D eigenvalue weighted by Gasteiger charge is -2.14. The molecule has 29 heavy (non-hydrogen) atoms. The van der Waals surface area contributed by atoms with Crippen molar-refractivity contribution < 1.29 is 22.7 Å². The molecule has 1 aromatic heterocycles. The van der Waals surface area contributed by atoms with Crippen LogP contribution < -0.4 is 9.47 Å². The Morgan fingerprint density at radius 3 is 2.52 bits per heavy atom. The molecule has 0 aliphatic heterocycles. The predicted octanol–water partition coefficient (Wildman–Crippen LogP) is 7.31. The van der Waals surface area contributed by atoms with E-state index in [4.69, 9.17) is 13.9 Å². The van der Waals surface area contributed by atoms with Gasteiger partial charge in [-0.15, -0.1) is 0 Å². The van der Waals surface area contributed by atoms with Gasteiger partial charge in [-0.3, -0.25) is 0 Å². The van der Waals surface area contributed by atoms with E-state index >= 15 is 4.39 Å². The summed E-state index contributed by atoms with van der Waals surface area (Å²) in [4.78, 5) is 0. The van der Waals surface area contributed by atoms with Crippen molar-refractivity contribution in [2.75, 3.05) is 13.2 Å². The van der Waals surface area contributed by atoms with Crippen LogP contribution >= 0.6 is 0 Å². The molecule has 0 amide bonds. The molecular weight excluding hydrogens is 374 g/mol. The van der Waals surface area contributed by atoms with E-state index in [9.17, 15) is 4.39 Å². The van der Waals surface area contributed by atoms with Gasteiger partial charge in [-0.2, -0.15) is 8.78 Å². The van der Waals surface area contributed by atoms with Crippen LogP contribution in [0.5, 0.6) is 11.5 Å². The summed E-state index contributed by atoms with van der Waals surface area (Å²) in [5.74, 6) is -0.313. The van der Waals surface area contributed by atoms with Gasteiger partial charge in [0, 0.05) is 10.8 Å². The van der Waals surface area contributed by atoms with Gasteiger partial charge in [-0.05, 0) is 55.9 Å². The first-order valence-electron chi connectivity index (χ1n) is 10.7. The van der Waals surface area contributed by atoms with Crippen molar-refractivity contribution in [1.82, 2.24) is 0 Å². The van der Waals surface area contributed by atoms with Crippen LogP contribution in [0.2, 0.25) is 0 Å². The lowest BCUT2D eigenvalue weighted by atomic mass is 10.1. The molecule has 0 unspecified atom stereocenters. The summed E-state index contributed by atoms with van der Waals surface area (Å²) in [5.41, 5.74) is 0.754. The molecule has 5 heteroatoms. The normalized spacial score (nSPS) is 14.9. The van der Waals surface area contributed by atoms with Crippen molar-refractivity contribution in [3.05, 3.63) is 35.4 Å². The van der Waals surface area contributed by atoms with Crippen molar-refractivity contribution in [2.45, 2.75) is 58.8 Å². The Kier molecular flexibility index (Phi) is 5.93. The van der Waals surface area contributed by atoms with Crippen LogP contribution in [0.25, 0.3) is 21.9 Å². The van der Waals surface area contributed by atoms with Crippen LogP contribution in [-0.2, 0) is 0 Å². The van der Waals surface area contributed by atoms with E-state index in [-0.39, 0.29) is 22.7 Å². The summed E-state index contributed by atoms with van der Waals surface area (Å²) in [6.07, 6.45) is 7.63. The Morgan fingerprint density at radius 2 is 1.76 bits per heavy atom. The van der Waals surface area contributed by atoms with Crippen LogP contribution in [0.3, 0.4) is 0 Å². The van der Waals surface area contributed by atoms with Gasteiger partial charge in [-0.25, -0.2) is 0 Å². The third kappa shape index (κ3) is 3.92. The molecule has 1 heterocycles. The van der Waals surface area contributed by atoms with Crippen molar-refractivity contribution in [3.8, 4) is 11.5 Å².